The second-order valence-electron chi connectivity index (χ2n) is 10.9. The molecule has 0 spiro atoms. The third kappa shape index (κ3) is 11.9. The lowest BCUT2D eigenvalue weighted by molar-refractivity contribution is 0.294. The second kappa shape index (κ2) is 19.2. The largest absolute Gasteiger partial charge is 0.470 e. The molecular weight excluding hydrogens is 882 g/mol. The molecule has 3 aromatic heterocycles. The predicted octanol–water partition coefficient (Wildman–Crippen LogP) is 7.47. The van der Waals surface area contributed by atoms with Gasteiger partial charge in [0.05, 0.1) is 34.4 Å². The molecule has 270 valence electrons. The lowest BCUT2D eigenvalue weighted by Gasteiger charge is -2.10. The van der Waals surface area contributed by atoms with Gasteiger partial charge in [0, 0.05) is 5.56 Å². The number of rotatable bonds is 9. The van der Waals surface area contributed by atoms with Crippen molar-refractivity contribution < 1.29 is 17.9 Å². The van der Waals surface area contributed by atoms with Gasteiger partial charge in [-0.15, -0.1) is 0 Å². The van der Waals surface area contributed by atoms with Gasteiger partial charge in [0.1, 0.15) is 27.0 Å². The summed E-state index contributed by atoms with van der Waals surface area (Å²) in [5, 5.41) is -0.474. The summed E-state index contributed by atoms with van der Waals surface area (Å²) in [4.78, 5) is 24.6. The van der Waals surface area contributed by atoms with Gasteiger partial charge in [-0.1, -0.05) is 72.8 Å². The number of sulfone groups is 1. The maximum Gasteiger partial charge on any atom is 0.258 e. The summed E-state index contributed by atoms with van der Waals surface area (Å²) in [6.07, 6.45) is 4.61. The average Bonchev–Trinajstić information content (AvgIpc) is 3.15. The average molecular weight is 916 g/mol. The fourth-order valence-electron chi connectivity index (χ4n) is 3.99. The smallest absolute Gasteiger partial charge is 0.258 e. The third-order valence-corrected chi connectivity index (χ3v) is 10.3. The van der Waals surface area contributed by atoms with Crippen LogP contribution in [0.15, 0.2) is 122 Å². The summed E-state index contributed by atoms with van der Waals surface area (Å²) >= 11 is 9.47. The molecule has 0 saturated heterocycles. The van der Waals surface area contributed by atoms with Crippen LogP contribution in [0.3, 0.4) is 0 Å². The summed E-state index contributed by atoms with van der Waals surface area (Å²) < 4.78 is 37.5. The normalized spacial score (nSPS) is 10.7. The molecule has 17 heteroatoms. The summed E-state index contributed by atoms with van der Waals surface area (Å²) in [5.74, 6) is 1.49. The zero-order valence-electron chi connectivity index (χ0n) is 27.9. The Hall–Kier alpha value is -4.71. The number of nitrogens with two attached hydrogens (primary N) is 3. The van der Waals surface area contributed by atoms with Crippen LogP contribution in [0, 0.1) is 0 Å². The van der Waals surface area contributed by atoms with Crippen molar-refractivity contribution in [3.8, 4) is 23.0 Å². The molecule has 6 rings (SSSR count). The maximum absolute atomic E-state index is 12.2. The third-order valence-electron chi connectivity index (χ3n) is 6.77. The summed E-state index contributed by atoms with van der Waals surface area (Å²) in [6, 6.07) is 26.1. The van der Waals surface area contributed by atoms with E-state index in [1.807, 2.05) is 60.7 Å². The monoisotopic (exact) mass is 913 g/mol. The quantitative estimate of drug-likeness (QED) is 0.129. The molecule has 0 bridgehead atoms. The maximum atomic E-state index is 12.2. The number of aromatic nitrogens is 6. The van der Waals surface area contributed by atoms with E-state index in [4.69, 9.17) is 26.7 Å². The van der Waals surface area contributed by atoms with Gasteiger partial charge in [-0.25, -0.2) is 38.3 Å². The van der Waals surface area contributed by atoms with Gasteiger partial charge in [0.15, 0.2) is 27.3 Å². The van der Waals surface area contributed by atoms with Crippen LogP contribution in [0.25, 0.3) is 11.3 Å². The molecule has 0 saturated carbocycles. The molecule has 13 nitrogen and oxygen atoms in total. The lowest BCUT2D eigenvalue weighted by atomic mass is 10.2. The Kier molecular flexibility index (Phi) is 14.8. The van der Waals surface area contributed by atoms with Gasteiger partial charge in [-0.2, -0.15) is 0 Å². The number of ether oxygens (including phenoxy) is 2. The van der Waals surface area contributed by atoms with Crippen LogP contribution in [-0.2, 0) is 23.1 Å². The Morgan fingerprint density at radius 3 is 1.56 bits per heavy atom. The van der Waals surface area contributed by atoms with Gasteiger partial charge in [0.25, 0.3) is 11.8 Å². The first-order valence-electron chi connectivity index (χ1n) is 15.3. The van der Waals surface area contributed by atoms with Crippen molar-refractivity contribution in [1.29, 1.82) is 0 Å². The van der Waals surface area contributed by atoms with Crippen LogP contribution in [0.2, 0.25) is 0 Å². The highest BCUT2D eigenvalue weighted by Gasteiger charge is 2.19. The topological polar surface area (TPSA) is 208 Å². The highest BCUT2D eigenvalue weighted by Crippen LogP contribution is 2.26. The minimum Gasteiger partial charge on any atom is -0.470 e. The molecule has 0 aliphatic carbocycles. The van der Waals surface area contributed by atoms with E-state index in [1.165, 1.54) is 12.4 Å². The van der Waals surface area contributed by atoms with E-state index in [0.29, 0.717) is 50.2 Å². The zero-order chi connectivity index (χ0) is 37.7. The minimum absolute atomic E-state index is 0.202. The number of nitrogen functional groups attached to an aromatic ring is 3. The van der Waals surface area contributed by atoms with Crippen molar-refractivity contribution in [3.63, 3.8) is 0 Å². The van der Waals surface area contributed by atoms with Gasteiger partial charge in [-0.3, -0.25) is 0 Å². The van der Waals surface area contributed by atoms with Crippen molar-refractivity contribution in [2.75, 3.05) is 17.2 Å². The molecular formula is C35H34Br3N9O4S. The fourth-order valence-corrected chi connectivity index (χ4v) is 6.12. The Morgan fingerprint density at radius 2 is 1.08 bits per heavy atom. The molecule has 6 N–H and O–H groups in total. The molecule has 0 amide bonds. The van der Waals surface area contributed by atoms with Gasteiger partial charge in [0.2, 0.25) is 0 Å². The molecule has 3 heterocycles. The summed E-state index contributed by atoms with van der Waals surface area (Å²) in [5.41, 5.74) is 20.2. The standard InChI is InChI=1S/C20H21N3O3S.C11H10BrN3O.C4H3Br2N3/c1-14(2)27(24,25)17-10-8-16(9-11-17)18-12-22-19(21)20(23-18)26-13-15-6-4-3-5-7-15;12-9-6-14-10(13)11(15-9)16-7-8-4-2-1-3-5-8;5-2-1-8-4(7)3(6)9-2/h3-12,14H,13H2,1-2H3,(H2,21,22);1-6H,7H2,(H2,13,14);1H,(H2,7,8). The molecule has 0 atom stereocenters. The lowest BCUT2D eigenvalue weighted by Crippen LogP contribution is -2.13. The highest BCUT2D eigenvalue weighted by molar-refractivity contribution is 9.11. The number of benzene rings is 3. The van der Waals surface area contributed by atoms with E-state index in [-0.39, 0.29) is 16.6 Å². The number of hydrogen-bond acceptors (Lipinski definition) is 13. The van der Waals surface area contributed by atoms with Crippen molar-refractivity contribution in [2.45, 2.75) is 37.2 Å². The Morgan fingerprint density at radius 1 is 0.615 bits per heavy atom. The zero-order valence-corrected chi connectivity index (χ0v) is 33.5. The van der Waals surface area contributed by atoms with Crippen LogP contribution < -0.4 is 26.7 Å². The van der Waals surface area contributed by atoms with E-state index in [2.05, 4.69) is 77.7 Å². The van der Waals surface area contributed by atoms with Crippen LogP contribution in [0.5, 0.6) is 11.8 Å². The van der Waals surface area contributed by atoms with Gasteiger partial charge in [-0.05, 0) is 84.9 Å². The van der Waals surface area contributed by atoms with E-state index < -0.39 is 15.1 Å². The number of halogens is 3. The van der Waals surface area contributed by atoms with Crippen molar-refractivity contribution in [3.05, 3.63) is 128 Å². The number of hydrogen-bond donors (Lipinski definition) is 3. The van der Waals surface area contributed by atoms with Crippen LogP contribution >= 0.6 is 47.8 Å². The fraction of sp³-hybridized carbons (Fsp3) is 0.143. The first-order valence-corrected chi connectivity index (χ1v) is 19.3. The van der Waals surface area contributed by atoms with E-state index >= 15 is 0 Å². The SMILES string of the molecule is CC(C)S(=O)(=O)c1ccc(-c2cnc(N)c(OCc3ccccc3)n2)cc1.Nc1ncc(Br)nc1Br.Nc1ncc(Br)nc1OCc1ccccc1. The highest BCUT2D eigenvalue weighted by atomic mass is 79.9. The first kappa shape index (κ1) is 40.1. The Labute approximate surface area is 326 Å². The number of anilines is 3. The first-order chi connectivity index (χ1) is 24.8. The predicted molar refractivity (Wildman–Crippen MR) is 212 cm³/mol. The Bertz CT molecular complexity index is 2170. The molecule has 3 aromatic carbocycles. The summed E-state index contributed by atoms with van der Waals surface area (Å²) in [7, 11) is -3.31. The van der Waals surface area contributed by atoms with E-state index in [9.17, 15) is 8.42 Å². The van der Waals surface area contributed by atoms with Crippen LogP contribution in [-0.4, -0.2) is 43.6 Å². The Balaban J connectivity index is 0.000000203. The molecule has 0 unspecified atom stereocenters. The van der Waals surface area contributed by atoms with Gasteiger partial charge >= 0.3 is 0 Å². The number of nitrogens with zero attached hydrogens (tertiary/aromatic N) is 6. The second-order valence-corrected chi connectivity index (χ2v) is 15.7. The van der Waals surface area contributed by atoms with E-state index in [1.54, 1.807) is 44.3 Å². The van der Waals surface area contributed by atoms with Crippen molar-refractivity contribution in [2.24, 2.45) is 0 Å². The molecule has 0 radical (unpaired) electrons. The molecule has 0 aliphatic rings. The molecule has 6 aromatic rings. The van der Waals surface area contributed by atoms with Crippen LogP contribution in [0.1, 0.15) is 25.0 Å². The van der Waals surface area contributed by atoms with Gasteiger partial charge < -0.3 is 26.7 Å². The molecule has 0 aliphatic heterocycles. The minimum atomic E-state index is -3.31. The molecule has 0 fully saturated rings. The van der Waals surface area contributed by atoms with Crippen LogP contribution in [0.4, 0.5) is 17.5 Å². The van der Waals surface area contributed by atoms with E-state index in [0.717, 1.165) is 16.7 Å². The van der Waals surface area contributed by atoms with Crippen molar-refractivity contribution in [1.82, 2.24) is 29.9 Å². The van der Waals surface area contributed by atoms with Crippen molar-refractivity contribution >= 4 is 75.1 Å². The summed E-state index contributed by atoms with van der Waals surface area (Å²) in [6.45, 7) is 4.07. The molecule has 52 heavy (non-hydrogen) atoms.